The fourth-order valence-electron chi connectivity index (χ4n) is 3.53. The molecule has 28 heavy (non-hydrogen) atoms. The van der Waals surface area contributed by atoms with E-state index >= 15 is 0 Å². The summed E-state index contributed by atoms with van der Waals surface area (Å²) in [4.78, 5) is 15.3. The smallest absolute Gasteiger partial charge is 0.175 e. The van der Waals surface area contributed by atoms with Gasteiger partial charge in [0.25, 0.3) is 0 Å². The molecule has 3 rings (SSSR count). The first kappa shape index (κ1) is 22.1. The van der Waals surface area contributed by atoms with Crippen molar-refractivity contribution in [1.29, 1.82) is 0 Å². The highest BCUT2D eigenvalue weighted by atomic mass is 35.5. The monoisotopic (exact) mass is 421 g/mol. The number of Topliss-reactive ketones (excluding diaryl/α,β-unsaturated/α-hetero) is 1. The minimum absolute atomic E-state index is 0. The second-order valence-electron chi connectivity index (χ2n) is 7.23. The lowest BCUT2D eigenvalue weighted by Gasteiger charge is -2.15. The summed E-state index contributed by atoms with van der Waals surface area (Å²) in [5.74, 6) is -0.00550. The molecule has 0 radical (unpaired) electrons. The highest BCUT2D eigenvalue weighted by Gasteiger charge is 2.34. The van der Waals surface area contributed by atoms with Crippen LogP contribution in [0.1, 0.15) is 17.5 Å². The Morgan fingerprint density at radius 2 is 1.71 bits per heavy atom. The maximum Gasteiger partial charge on any atom is 0.175 e. The number of rotatable bonds is 5. The van der Waals surface area contributed by atoms with Crippen LogP contribution in [0.5, 0.6) is 5.75 Å². The first-order valence-electron chi connectivity index (χ1n) is 8.69. The third kappa shape index (κ3) is 4.63. The number of phenols is 1. The summed E-state index contributed by atoms with van der Waals surface area (Å²) in [6.07, 6.45) is 1.76. The van der Waals surface area contributed by atoms with E-state index in [0.717, 1.165) is 11.1 Å². The van der Waals surface area contributed by atoms with Crippen molar-refractivity contribution in [3.8, 4) is 5.75 Å². The lowest BCUT2D eigenvalue weighted by molar-refractivity contribution is -0.117. The van der Waals surface area contributed by atoms with Gasteiger partial charge < -0.3 is 10.0 Å². The molecule has 1 aliphatic carbocycles. The van der Waals surface area contributed by atoms with Crippen LogP contribution in [0.25, 0.3) is 11.1 Å². The van der Waals surface area contributed by atoms with Crippen LogP contribution < -0.4 is 0 Å². The first-order chi connectivity index (χ1) is 12.7. The van der Waals surface area contributed by atoms with E-state index in [1.165, 1.54) is 6.26 Å². The van der Waals surface area contributed by atoms with Gasteiger partial charge in [-0.25, -0.2) is 8.42 Å². The molecule has 0 aliphatic heterocycles. The van der Waals surface area contributed by atoms with Gasteiger partial charge in [-0.3, -0.25) is 4.79 Å². The summed E-state index contributed by atoms with van der Waals surface area (Å²) in [5.41, 5.74) is 3.00. The Morgan fingerprint density at radius 3 is 2.25 bits per heavy atom. The van der Waals surface area contributed by atoms with Crippen molar-refractivity contribution >= 4 is 39.2 Å². The van der Waals surface area contributed by atoms with Gasteiger partial charge in [-0.15, -0.1) is 12.4 Å². The third-order valence-electron chi connectivity index (χ3n) is 4.72. The van der Waals surface area contributed by atoms with Crippen LogP contribution >= 0.6 is 12.4 Å². The third-order valence-corrected chi connectivity index (χ3v) is 5.85. The zero-order valence-corrected chi connectivity index (χ0v) is 17.7. The topological polar surface area (TPSA) is 74.7 Å². The van der Waals surface area contributed by atoms with Crippen molar-refractivity contribution in [2.45, 2.75) is 11.3 Å². The number of aromatic hydroxyl groups is 1. The van der Waals surface area contributed by atoms with Crippen LogP contribution in [0.4, 0.5) is 0 Å². The van der Waals surface area contributed by atoms with E-state index in [-0.39, 0.29) is 34.8 Å². The van der Waals surface area contributed by atoms with E-state index in [1.54, 1.807) is 42.5 Å². The van der Waals surface area contributed by atoms with Crippen LogP contribution in [0.3, 0.4) is 0 Å². The number of hydrogen-bond donors (Lipinski definition) is 1. The summed E-state index contributed by atoms with van der Waals surface area (Å²) in [6, 6.07) is 13.3. The molecule has 0 saturated heterocycles. The molecule has 2 aromatic carbocycles. The second-order valence-corrected chi connectivity index (χ2v) is 9.24. The van der Waals surface area contributed by atoms with Crippen molar-refractivity contribution in [1.82, 2.24) is 4.90 Å². The number of phenolic OH excluding ortho intramolecular Hbond substituents is 1. The largest absolute Gasteiger partial charge is 0.508 e. The van der Waals surface area contributed by atoms with Crippen LogP contribution in [0.15, 0.2) is 53.4 Å². The Kier molecular flexibility index (Phi) is 6.70. The van der Waals surface area contributed by atoms with Gasteiger partial charge >= 0.3 is 0 Å². The molecular formula is C21H24ClNO4S. The second kappa shape index (κ2) is 8.47. The fraction of sp³-hybridized carbons (Fsp3) is 0.286. The maximum absolute atomic E-state index is 13.1. The molecule has 2 aromatic rings. The molecule has 1 N–H and O–H groups in total. The Bertz CT molecular complexity index is 1010. The van der Waals surface area contributed by atoms with Gasteiger partial charge in [0.2, 0.25) is 0 Å². The van der Waals surface area contributed by atoms with Gasteiger partial charge in [0.05, 0.1) is 4.90 Å². The lowest BCUT2D eigenvalue weighted by atomic mass is 9.96. The molecular weight excluding hydrogens is 398 g/mol. The van der Waals surface area contributed by atoms with E-state index in [4.69, 9.17) is 0 Å². The van der Waals surface area contributed by atoms with Gasteiger partial charge in [-0.1, -0.05) is 24.3 Å². The number of nitrogens with zero attached hydrogens (tertiary/aromatic N) is 1. The van der Waals surface area contributed by atoms with E-state index < -0.39 is 9.84 Å². The van der Waals surface area contributed by atoms with Crippen molar-refractivity contribution < 1.29 is 18.3 Å². The molecule has 1 atom stereocenters. The SMILES string of the molecule is CN(C)CC1CC(c2ccc(S(C)(=O)=O)cc2)=C(c2cccc(O)c2)C1=O.Cl. The number of carbonyl (C=O) groups is 1. The molecule has 0 saturated carbocycles. The van der Waals surface area contributed by atoms with Crippen LogP contribution in [0, 0.1) is 5.92 Å². The fourth-order valence-corrected chi connectivity index (χ4v) is 4.16. The quantitative estimate of drug-likeness (QED) is 0.801. The number of halogens is 1. The van der Waals surface area contributed by atoms with Crippen molar-refractivity contribution in [3.05, 3.63) is 59.7 Å². The Balaban J connectivity index is 0.00000280. The average Bonchev–Trinajstić information content (AvgIpc) is 2.90. The molecule has 0 heterocycles. The Hall–Kier alpha value is -2.15. The van der Waals surface area contributed by atoms with Gasteiger partial charge in [0.15, 0.2) is 15.6 Å². The molecule has 7 heteroatoms. The average molecular weight is 422 g/mol. The highest BCUT2D eigenvalue weighted by molar-refractivity contribution is 7.90. The molecule has 0 fully saturated rings. The summed E-state index contributed by atoms with van der Waals surface area (Å²) < 4.78 is 23.4. The van der Waals surface area contributed by atoms with E-state index in [2.05, 4.69) is 0 Å². The maximum atomic E-state index is 13.1. The van der Waals surface area contributed by atoms with E-state index in [9.17, 15) is 18.3 Å². The summed E-state index contributed by atoms with van der Waals surface area (Å²) >= 11 is 0. The summed E-state index contributed by atoms with van der Waals surface area (Å²) in [6.45, 7) is 0.631. The summed E-state index contributed by atoms with van der Waals surface area (Å²) in [5, 5.41) is 9.84. The minimum atomic E-state index is -3.27. The number of sulfone groups is 1. The van der Waals surface area contributed by atoms with Crippen molar-refractivity contribution in [2.75, 3.05) is 26.9 Å². The predicted molar refractivity (Wildman–Crippen MR) is 113 cm³/mol. The first-order valence-corrected chi connectivity index (χ1v) is 10.6. The number of ketones is 1. The van der Waals surface area contributed by atoms with Gasteiger partial charge in [-0.05, 0) is 61.5 Å². The molecule has 1 unspecified atom stereocenters. The molecule has 150 valence electrons. The van der Waals surface area contributed by atoms with Crippen molar-refractivity contribution in [3.63, 3.8) is 0 Å². The summed E-state index contributed by atoms with van der Waals surface area (Å²) in [7, 11) is 0.587. The predicted octanol–water partition coefficient (Wildman–Crippen LogP) is 3.28. The number of benzene rings is 2. The molecule has 0 bridgehead atoms. The minimum Gasteiger partial charge on any atom is -0.508 e. The molecule has 1 aliphatic rings. The Labute approximate surface area is 172 Å². The number of allylic oxidation sites excluding steroid dienone is 2. The van der Waals surface area contributed by atoms with E-state index in [0.29, 0.717) is 24.1 Å². The number of carbonyl (C=O) groups excluding carboxylic acids is 1. The normalized spacial score (nSPS) is 17.1. The molecule has 0 amide bonds. The zero-order chi connectivity index (χ0) is 19.8. The zero-order valence-electron chi connectivity index (χ0n) is 16.0. The standard InChI is InChI=1S/C21H23NO4S.ClH/c1-22(2)13-16-12-19(14-7-9-18(10-8-14)27(3,25)26)20(21(16)24)15-5-4-6-17(23)11-15;/h4-11,16,23H,12-13H2,1-3H3;1H. The molecule has 0 aromatic heterocycles. The molecule has 0 spiro atoms. The number of hydrogen-bond acceptors (Lipinski definition) is 5. The van der Waals surface area contributed by atoms with Crippen LogP contribution in [-0.2, 0) is 14.6 Å². The Morgan fingerprint density at radius 1 is 1.07 bits per heavy atom. The van der Waals surface area contributed by atoms with Crippen molar-refractivity contribution in [2.24, 2.45) is 5.92 Å². The lowest BCUT2D eigenvalue weighted by Crippen LogP contribution is -2.25. The van der Waals surface area contributed by atoms with E-state index in [1.807, 2.05) is 25.1 Å². The highest BCUT2D eigenvalue weighted by Crippen LogP contribution is 2.41. The van der Waals surface area contributed by atoms with Gasteiger partial charge in [0, 0.05) is 24.3 Å². The molecule has 5 nitrogen and oxygen atoms in total. The van der Waals surface area contributed by atoms with Gasteiger partial charge in [-0.2, -0.15) is 0 Å². The van der Waals surface area contributed by atoms with Crippen LogP contribution in [-0.4, -0.2) is 51.1 Å². The van der Waals surface area contributed by atoms with Crippen LogP contribution in [0.2, 0.25) is 0 Å². The van der Waals surface area contributed by atoms with Gasteiger partial charge in [0.1, 0.15) is 5.75 Å².